The molecule has 0 unspecified atom stereocenters. The standard InChI is InChI=1S/C16H15ClN4/c1-10-11(2)20-21(12(10)3)15-9-14(17)18-16(19-15)13-7-5-4-6-8-13/h4-9H,1-3H3. The normalized spacial score (nSPS) is 10.9. The van der Waals surface area contributed by atoms with Gasteiger partial charge in [0.25, 0.3) is 0 Å². The van der Waals surface area contributed by atoms with Crippen LogP contribution in [0.1, 0.15) is 17.0 Å². The molecule has 0 fully saturated rings. The van der Waals surface area contributed by atoms with Gasteiger partial charge in [0.1, 0.15) is 5.15 Å². The van der Waals surface area contributed by atoms with Gasteiger partial charge in [-0.25, -0.2) is 14.6 Å². The predicted octanol–water partition coefficient (Wildman–Crippen LogP) is 3.91. The van der Waals surface area contributed by atoms with E-state index < -0.39 is 0 Å². The van der Waals surface area contributed by atoms with Crippen molar-refractivity contribution in [3.05, 3.63) is 58.5 Å². The molecule has 2 heterocycles. The van der Waals surface area contributed by atoms with E-state index in [9.17, 15) is 0 Å². The Morgan fingerprint density at radius 2 is 1.71 bits per heavy atom. The minimum atomic E-state index is 0.407. The number of halogens is 1. The molecule has 0 aliphatic carbocycles. The van der Waals surface area contributed by atoms with E-state index in [2.05, 4.69) is 22.0 Å². The number of hydrogen-bond donors (Lipinski definition) is 0. The molecule has 0 atom stereocenters. The van der Waals surface area contributed by atoms with Crippen LogP contribution in [0.25, 0.3) is 17.2 Å². The molecule has 0 saturated heterocycles. The first-order valence-electron chi connectivity index (χ1n) is 6.69. The third-order valence-electron chi connectivity index (χ3n) is 3.58. The summed E-state index contributed by atoms with van der Waals surface area (Å²) in [6.45, 7) is 6.06. The first-order chi connectivity index (χ1) is 10.1. The summed E-state index contributed by atoms with van der Waals surface area (Å²) < 4.78 is 1.81. The summed E-state index contributed by atoms with van der Waals surface area (Å²) in [7, 11) is 0. The number of aromatic nitrogens is 4. The third kappa shape index (κ3) is 2.54. The molecule has 106 valence electrons. The van der Waals surface area contributed by atoms with Crippen LogP contribution in [0.15, 0.2) is 36.4 Å². The van der Waals surface area contributed by atoms with E-state index in [1.165, 1.54) is 0 Å². The van der Waals surface area contributed by atoms with E-state index in [-0.39, 0.29) is 0 Å². The summed E-state index contributed by atoms with van der Waals surface area (Å²) in [6.07, 6.45) is 0. The van der Waals surface area contributed by atoms with Crippen LogP contribution in [0.3, 0.4) is 0 Å². The number of hydrogen-bond acceptors (Lipinski definition) is 3. The van der Waals surface area contributed by atoms with Crippen molar-refractivity contribution < 1.29 is 0 Å². The fourth-order valence-electron chi connectivity index (χ4n) is 2.17. The van der Waals surface area contributed by atoms with Crippen molar-refractivity contribution in [2.45, 2.75) is 20.8 Å². The van der Waals surface area contributed by atoms with Gasteiger partial charge in [-0.3, -0.25) is 0 Å². The van der Waals surface area contributed by atoms with E-state index in [1.54, 1.807) is 6.07 Å². The van der Waals surface area contributed by atoms with Gasteiger partial charge in [0.2, 0.25) is 0 Å². The molecule has 4 nitrogen and oxygen atoms in total. The number of benzene rings is 1. The Morgan fingerprint density at radius 3 is 2.33 bits per heavy atom. The molecule has 0 aliphatic rings. The summed E-state index contributed by atoms with van der Waals surface area (Å²) >= 11 is 6.16. The maximum atomic E-state index is 6.16. The highest BCUT2D eigenvalue weighted by Crippen LogP contribution is 2.21. The van der Waals surface area contributed by atoms with Crippen LogP contribution in [0.5, 0.6) is 0 Å². The lowest BCUT2D eigenvalue weighted by Gasteiger charge is -2.07. The van der Waals surface area contributed by atoms with E-state index >= 15 is 0 Å². The lowest BCUT2D eigenvalue weighted by atomic mass is 10.2. The zero-order chi connectivity index (χ0) is 15.0. The van der Waals surface area contributed by atoms with Gasteiger partial charge in [-0.05, 0) is 26.3 Å². The first-order valence-corrected chi connectivity index (χ1v) is 7.07. The van der Waals surface area contributed by atoms with Gasteiger partial charge < -0.3 is 0 Å². The Morgan fingerprint density at radius 1 is 1.00 bits per heavy atom. The van der Waals surface area contributed by atoms with E-state index in [0.29, 0.717) is 16.8 Å². The fourth-order valence-corrected chi connectivity index (χ4v) is 2.35. The summed E-state index contributed by atoms with van der Waals surface area (Å²) in [6, 6.07) is 11.5. The van der Waals surface area contributed by atoms with Crippen LogP contribution in [0, 0.1) is 20.8 Å². The molecule has 0 amide bonds. The first kappa shape index (κ1) is 13.8. The van der Waals surface area contributed by atoms with Gasteiger partial charge in [-0.15, -0.1) is 0 Å². The maximum absolute atomic E-state index is 6.16. The largest absolute Gasteiger partial charge is 0.219 e. The SMILES string of the molecule is Cc1nn(-c2cc(Cl)nc(-c3ccccc3)n2)c(C)c1C. The smallest absolute Gasteiger partial charge is 0.163 e. The monoisotopic (exact) mass is 298 g/mol. The summed E-state index contributed by atoms with van der Waals surface area (Å²) in [4.78, 5) is 8.90. The molecular weight excluding hydrogens is 284 g/mol. The zero-order valence-electron chi connectivity index (χ0n) is 12.1. The number of aryl methyl sites for hydroxylation is 1. The number of nitrogens with zero attached hydrogens (tertiary/aromatic N) is 4. The molecule has 0 radical (unpaired) electrons. The predicted molar refractivity (Wildman–Crippen MR) is 83.8 cm³/mol. The molecule has 21 heavy (non-hydrogen) atoms. The molecule has 0 aliphatic heterocycles. The van der Waals surface area contributed by atoms with E-state index in [1.807, 2.05) is 48.9 Å². The molecule has 0 spiro atoms. The van der Waals surface area contributed by atoms with Crippen molar-refractivity contribution in [1.29, 1.82) is 0 Å². The maximum Gasteiger partial charge on any atom is 0.163 e. The Hall–Kier alpha value is -2.20. The third-order valence-corrected chi connectivity index (χ3v) is 3.78. The van der Waals surface area contributed by atoms with Crippen molar-refractivity contribution in [2.75, 3.05) is 0 Å². The highest BCUT2D eigenvalue weighted by Gasteiger charge is 2.13. The Balaban J connectivity index is 2.16. The molecule has 3 rings (SSSR count). The molecule has 5 heteroatoms. The van der Waals surface area contributed by atoms with Crippen molar-refractivity contribution in [3.8, 4) is 17.2 Å². The molecule has 0 bridgehead atoms. The average Bonchev–Trinajstić information content (AvgIpc) is 2.75. The van der Waals surface area contributed by atoms with E-state index in [0.717, 1.165) is 22.5 Å². The second kappa shape index (κ2) is 5.30. The molecule has 3 aromatic rings. The van der Waals surface area contributed by atoms with E-state index in [4.69, 9.17) is 11.6 Å². The summed E-state index contributed by atoms with van der Waals surface area (Å²) in [5.41, 5.74) is 4.13. The number of rotatable bonds is 2. The Labute approximate surface area is 128 Å². The van der Waals surface area contributed by atoms with Crippen molar-refractivity contribution in [3.63, 3.8) is 0 Å². The molecule has 1 aromatic carbocycles. The van der Waals surface area contributed by atoms with Crippen LogP contribution in [0.2, 0.25) is 5.15 Å². The zero-order valence-corrected chi connectivity index (χ0v) is 12.9. The van der Waals surface area contributed by atoms with Gasteiger partial charge in [0.05, 0.1) is 5.69 Å². The van der Waals surface area contributed by atoms with Crippen LogP contribution >= 0.6 is 11.6 Å². The van der Waals surface area contributed by atoms with Crippen molar-refractivity contribution in [2.24, 2.45) is 0 Å². The average molecular weight is 299 g/mol. The van der Waals surface area contributed by atoms with Gasteiger partial charge in [0.15, 0.2) is 11.6 Å². The van der Waals surface area contributed by atoms with Crippen molar-refractivity contribution in [1.82, 2.24) is 19.7 Å². The minimum Gasteiger partial charge on any atom is -0.219 e. The molecule has 0 saturated carbocycles. The van der Waals surface area contributed by atoms with Gasteiger partial charge in [-0.2, -0.15) is 5.10 Å². The second-order valence-corrected chi connectivity index (χ2v) is 5.33. The quantitative estimate of drug-likeness (QED) is 0.674. The van der Waals surface area contributed by atoms with Gasteiger partial charge in [0, 0.05) is 17.3 Å². The fraction of sp³-hybridized carbons (Fsp3) is 0.188. The van der Waals surface area contributed by atoms with Crippen LogP contribution in [0.4, 0.5) is 0 Å². The summed E-state index contributed by atoms with van der Waals surface area (Å²) in [5.74, 6) is 1.28. The molecular formula is C16H15ClN4. The topological polar surface area (TPSA) is 43.6 Å². The minimum absolute atomic E-state index is 0.407. The lowest BCUT2D eigenvalue weighted by molar-refractivity contribution is 0.802. The Kier molecular flexibility index (Phi) is 3.47. The van der Waals surface area contributed by atoms with Crippen molar-refractivity contribution >= 4 is 11.6 Å². The highest BCUT2D eigenvalue weighted by molar-refractivity contribution is 6.29. The van der Waals surface area contributed by atoms with Gasteiger partial charge >= 0.3 is 0 Å². The highest BCUT2D eigenvalue weighted by atomic mass is 35.5. The molecule has 2 aromatic heterocycles. The van der Waals surface area contributed by atoms with Crippen LogP contribution in [-0.2, 0) is 0 Å². The van der Waals surface area contributed by atoms with Gasteiger partial charge in [-0.1, -0.05) is 41.9 Å². The molecule has 0 N–H and O–H groups in total. The van der Waals surface area contributed by atoms with Crippen LogP contribution in [-0.4, -0.2) is 19.7 Å². The Bertz CT molecular complexity index is 794. The van der Waals surface area contributed by atoms with Crippen LogP contribution < -0.4 is 0 Å². The summed E-state index contributed by atoms with van der Waals surface area (Å²) in [5, 5.41) is 4.93. The second-order valence-electron chi connectivity index (χ2n) is 4.95. The lowest BCUT2D eigenvalue weighted by Crippen LogP contribution is -2.04.